The maximum Gasteiger partial charge on any atom is 0.328 e. The van der Waals surface area contributed by atoms with E-state index in [4.69, 9.17) is 21.1 Å². The number of methoxy groups -OCH3 is 1. The van der Waals surface area contributed by atoms with Crippen LogP contribution in [0.3, 0.4) is 0 Å². The lowest BCUT2D eigenvalue weighted by Gasteiger charge is -2.18. The fourth-order valence-corrected chi connectivity index (χ4v) is 5.17. The summed E-state index contributed by atoms with van der Waals surface area (Å²) < 4.78 is 12.6. The molecule has 7 nitrogen and oxygen atoms in total. The first-order valence-electron chi connectivity index (χ1n) is 14.3. The van der Waals surface area contributed by atoms with Gasteiger partial charge in [0.1, 0.15) is 11.8 Å². The summed E-state index contributed by atoms with van der Waals surface area (Å²) in [5, 5.41) is 4.17. The number of halogens is 1. The highest BCUT2D eigenvalue weighted by molar-refractivity contribution is 6.30. The molecule has 1 aromatic heterocycles. The van der Waals surface area contributed by atoms with Crippen LogP contribution in [0.25, 0.3) is 10.9 Å². The Bertz CT molecular complexity index is 1530. The predicted octanol–water partition coefficient (Wildman–Crippen LogP) is 6.69. The zero-order valence-electron chi connectivity index (χ0n) is 24.3. The summed E-state index contributed by atoms with van der Waals surface area (Å²) in [5.41, 5.74) is 3.34. The Morgan fingerprint density at radius 2 is 1.69 bits per heavy atom. The van der Waals surface area contributed by atoms with E-state index in [9.17, 15) is 14.4 Å². The number of fused-ring (bicyclic) bond motifs is 1. The first kappa shape index (κ1) is 30.8. The van der Waals surface area contributed by atoms with Crippen LogP contribution in [0.15, 0.2) is 72.8 Å². The maximum atomic E-state index is 13.6. The van der Waals surface area contributed by atoms with Gasteiger partial charge in [-0.15, -0.1) is 0 Å². The van der Waals surface area contributed by atoms with Crippen LogP contribution < -0.4 is 10.1 Å². The first-order chi connectivity index (χ1) is 20.3. The van der Waals surface area contributed by atoms with Gasteiger partial charge in [0.05, 0.1) is 25.7 Å². The number of nitrogens with zero attached hydrogens (tertiary/aromatic N) is 1. The van der Waals surface area contributed by atoms with Crippen LogP contribution in [0.1, 0.15) is 59.8 Å². The Morgan fingerprint density at radius 1 is 0.952 bits per heavy atom. The van der Waals surface area contributed by atoms with Crippen molar-refractivity contribution in [3.8, 4) is 5.75 Å². The molecule has 0 bridgehead atoms. The minimum Gasteiger partial charge on any atom is -0.497 e. The summed E-state index contributed by atoms with van der Waals surface area (Å²) in [6.07, 6.45) is 4.22. The Balaban J connectivity index is 1.60. The first-order valence-corrected chi connectivity index (χ1v) is 14.7. The van der Waals surface area contributed by atoms with Gasteiger partial charge in [-0.05, 0) is 66.9 Å². The number of carbonyl (C=O) groups excluding carboxylic acids is 3. The Kier molecular flexibility index (Phi) is 10.8. The molecule has 0 aliphatic heterocycles. The number of hydrogen-bond donors (Lipinski definition) is 1. The summed E-state index contributed by atoms with van der Waals surface area (Å²) in [6.45, 7) is 4.26. The zero-order chi connectivity index (χ0) is 30.1. The molecule has 8 heteroatoms. The van der Waals surface area contributed by atoms with E-state index < -0.39 is 12.0 Å². The van der Waals surface area contributed by atoms with E-state index in [-0.39, 0.29) is 18.2 Å². The lowest BCUT2D eigenvalue weighted by molar-refractivity contribution is -0.148. The van der Waals surface area contributed by atoms with Crippen molar-refractivity contribution in [3.05, 3.63) is 100 Å². The third-order valence-corrected chi connectivity index (χ3v) is 7.57. The number of benzene rings is 3. The van der Waals surface area contributed by atoms with E-state index in [0.717, 1.165) is 36.6 Å². The monoisotopic (exact) mass is 588 g/mol. The molecule has 0 aliphatic rings. The minimum atomic E-state index is -0.843. The molecule has 4 rings (SSSR count). The van der Waals surface area contributed by atoms with Crippen LogP contribution >= 0.6 is 11.6 Å². The van der Waals surface area contributed by atoms with Crippen molar-refractivity contribution < 1.29 is 23.9 Å². The fourth-order valence-electron chi connectivity index (χ4n) is 5.05. The van der Waals surface area contributed by atoms with Crippen molar-refractivity contribution >= 4 is 40.3 Å². The standard InChI is InChI=1S/C34H37ClN2O5/c1-4-5-6-10-19-42-34(40)30(20-24-11-8-7-9-12-24)36-32(38)22-28-23(2)37(31-18-17-27(41-3)21-29(28)31)33(39)25-13-15-26(35)16-14-25/h7-9,11-18,21,30H,4-6,10,19-20,22H2,1-3H3,(H,36,38)/t30-/m0/s1. The van der Waals surface area contributed by atoms with E-state index in [1.165, 1.54) is 0 Å². The number of rotatable bonds is 13. The molecular formula is C34H37ClN2O5. The number of aromatic nitrogens is 1. The second kappa shape index (κ2) is 14.7. The molecular weight excluding hydrogens is 552 g/mol. The van der Waals surface area contributed by atoms with Crippen molar-refractivity contribution in [3.63, 3.8) is 0 Å². The summed E-state index contributed by atoms with van der Waals surface area (Å²) in [7, 11) is 1.57. The smallest absolute Gasteiger partial charge is 0.328 e. The third kappa shape index (κ3) is 7.59. The fraction of sp³-hybridized carbons (Fsp3) is 0.324. The van der Waals surface area contributed by atoms with Crippen LogP contribution in [-0.2, 0) is 27.2 Å². The van der Waals surface area contributed by atoms with Gasteiger partial charge in [0.15, 0.2) is 0 Å². The van der Waals surface area contributed by atoms with Gasteiger partial charge >= 0.3 is 5.97 Å². The van der Waals surface area contributed by atoms with Crippen LogP contribution in [-0.4, -0.2) is 42.1 Å². The van der Waals surface area contributed by atoms with Crippen molar-refractivity contribution in [2.45, 2.75) is 58.4 Å². The lowest BCUT2D eigenvalue weighted by atomic mass is 10.0. The van der Waals surface area contributed by atoms with Gasteiger partial charge in [-0.3, -0.25) is 14.2 Å². The Hall–Kier alpha value is -4.10. The molecule has 42 heavy (non-hydrogen) atoms. The largest absolute Gasteiger partial charge is 0.497 e. The minimum absolute atomic E-state index is 0.0362. The average molecular weight is 589 g/mol. The third-order valence-electron chi connectivity index (χ3n) is 7.32. The Labute approximate surface area is 251 Å². The zero-order valence-corrected chi connectivity index (χ0v) is 25.1. The second-order valence-corrected chi connectivity index (χ2v) is 10.7. The number of unbranched alkanes of at least 4 members (excludes halogenated alkanes) is 3. The van der Waals surface area contributed by atoms with Gasteiger partial charge in [-0.2, -0.15) is 0 Å². The van der Waals surface area contributed by atoms with E-state index >= 15 is 0 Å². The average Bonchev–Trinajstić information content (AvgIpc) is 3.26. The summed E-state index contributed by atoms with van der Waals surface area (Å²) >= 11 is 6.04. The molecule has 0 fully saturated rings. The van der Waals surface area contributed by atoms with Crippen LogP contribution in [0, 0.1) is 6.92 Å². The van der Waals surface area contributed by atoms with E-state index in [1.807, 2.05) is 49.4 Å². The molecule has 1 heterocycles. The lowest BCUT2D eigenvalue weighted by Crippen LogP contribution is -2.44. The van der Waals surface area contributed by atoms with Crippen molar-refractivity contribution in [1.82, 2.24) is 9.88 Å². The number of hydrogen-bond acceptors (Lipinski definition) is 5. The number of esters is 1. The van der Waals surface area contributed by atoms with Crippen LogP contribution in [0.4, 0.5) is 0 Å². The molecule has 0 saturated heterocycles. The quantitative estimate of drug-likeness (QED) is 0.139. The van der Waals surface area contributed by atoms with Crippen molar-refractivity contribution in [2.24, 2.45) is 0 Å². The molecule has 0 saturated carbocycles. The number of amides is 1. The molecule has 1 amide bonds. The summed E-state index contributed by atoms with van der Waals surface area (Å²) in [6, 6.07) is 20.8. The second-order valence-electron chi connectivity index (χ2n) is 10.3. The maximum absolute atomic E-state index is 13.6. The van der Waals surface area contributed by atoms with Crippen LogP contribution in [0.2, 0.25) is 5.02 Å². The molecule has 0 unspecified atom stereocenters. The Morgan fingerprint density at radius 3 is 2.38 bits per heavy atom. The highest BCUT2D eigenvalue weighted by Crippen LogP contribution is 2.31. The van der Waals surface area contributed by atoms with E-state index in [2.05, 4.69) is 12.2 Å². The van der Waals surface area contributed by atoms with Crippen LogP contribution in [0.5, 0.6) is 5.75 Å². The van der Waals surface area contributed by atoms with Crippen molar-refractivity contribution in [2.75, 3.05) is 13.7 Å². The highest BCUT2D eigenvalue weighted by Gasteiger charge is 2.26. The van der Waals surface area contributed by atoms with Gasteiger partial charge in [-0.25, -0.2) is 4.79 Å². The van der Waals surface area contributed by atoms with E-state index in [1.54, 1.807) is 42.0 Å². The number of carbonyl (C=O) groups is 3. The van der Waals surface area contributed by atoms with E-state index in [0.29, 0.717) is 46.1 Å². The SMILES string of the molecule is CCCCCCOC(=O)[C@H](Cc1ccccc1)NC(=O)Cc1c(C)n(C(=O)c2ccc(Cl)cc2)c2ccc(OC)cc12. The molecule has 1 atom stereocenters. The van der Waals surface area contributed by atoms with Gasteiger partial charge < -0.3 is 14.8 Å². The van der Waals surface area contributed by atoms with Gasteiger partial charge in [0, 0.05) is 28.1 Å². The number of ether oxygens (including phenoxy) is 2. The molecule has 3 aromatic carbocycles. The van der Waals surface area contributed by atoms with Gasteiger partial charge in [-0.1, -0.05) is 68.1 Å². The predicted molar refractivity (Wildman–Crippen MR) is 165 cm³/mol. The summed E-state index contributed by atoms with van der Waals surface area (Å²) in [4.78, 5) is 40.2. The molecule has 4 aromatic rings. The normalized spacial score (nSPS) is 11.7. The topological polar surface area (TPSA) is 86.6 Å². The molecule has 0 aliphatic carbocycles. The summed E-state index contributed by atoms with van der Waals surface area (Å²) in [5.74, 6) is -0.432. The van der Waals surface area contributed by atoms with Gasteiger partial charge in [0.2, 0.25) is 5.91 Å². The number of nitrogens with one attached hydrogen (secondary N) is 1. The molecule has 0 radical (unpaired) electrons. The van der Waals surface area contributed by atoms with Crippen molar-refractivity contribution in [1.29, 1.82) is 0 Å². The van der Waals surface area contributed by atoms with Gasteiger partial charge in [0.25, 0.3) is 5.91 Å². The molecule has 1 N–H and O–H groups in total. The molecule has 220 valence electrons. The molecule has 0 spiro atoms. The highest BCUT2D eigenvalue weighted by atomic mass is 35.5.